The van der Waals surface area contributed by atoms with Crippen molar-refractivity contribution in [3.8, 4) is 10.0 Å². The third kappa shape index (κ3) is 5.15. The number of carbonyl (C=O) groups is 2. The SMILES string of the molecule is CC=Cc1sc(-c2nccs2)nc1C(=O)NCCCNC(=O)CS. The van der Waals surface area contributed by atoms with Crippen LogP contribution in [0.5, 0.6) is 0 Å². The molecule has 2 amide bonds. The summed E-state index contributed by atoms with van der Waals surface area (Å²) >= 11 is 6.82. The van der Waals surface area contributed by atoms with Gasteiger partial charge >= 0.3 is 0 Å². The van der Waals surface area contributed by atoms with Crippen LogP contribution in [0.2, 0.25) is 0 Å². The molecule has 0 aromatic carbocycles. The number of nitrogens with one attached hydrogen (secondary N) is 2. The second-order valence-electron chi connectivity index (χ2n) is 4.69. The van der Waals surface area contributed by atoms with E-state index in [9.17, 15) is 9.59 Å². The van der Waals surface area contributed by atoms with Gasteiger partial charge in [0, 0.05) is 24.7 Å². The van der Waals surface area contributed by atoms with E-state index < -0.39 is 0 Å². The van der Waals surface area contributed by atoms with E-state index in [0.29, 0.717) is 25.2 Å². The summed E-state index contributed by atoms with van der Waals surface area (Å²) in [5.74, 6) is -0.174. The molecule has 2 N–H and O–H groups in total. The van der Waals surface area contributed by atoms with Crippen molar-refractivity contribution in [2.75, 3.05) is 18.8 Å². The first-order chi connectivity index (χ1) is 11.7. The summed E-state index contributed by atoms with van der Waals surface area (Å²) in [5, 5.41) is 8.96. The number of nitrogens with zero attached hydrogens (tertiary/aromatic N) is 2. The highest BCUT2D eigenvalue weighted by Crippen LogP contribution is 2.30. The highest BCUT2D eigenvalue weighted by molar-refractivity contribution is 7.81. The minimum Gasteiger partial charge on any atom is -0.355 e. The first-order valence-electron chi connectivity index (χ1n) is 7.34. The number of hydrogen-bond acceptors (Lipinski definition) is 7. The van der Waals surface area contributed by atoms with Crippen molar-refractivity contribution in [3.63, 3.8) is 0 Å². The Bertz CT molecular complexity index is 710. The van der Waals surface area contributed by atoms with Gasteiger partial charge in [-0.15, -0.1) is 22.7 Å². The van der Waals surface area contributed by atoms with Crippen LogP contribution in [0.3, 0.4) is 0 Å². The summed E-state index contributed by atoms with van der Waals surface area (Å²) in [4.78, 5) is 32.9. The zero-order valence-corrected chi connectivity index (χ0v) is 15.6. The van der Waals surface area contributed by atoms with Crippen LogP contribution in [-0.2, 0) is 4.79 Å². The van der Waals surface area contributed by atoms with Gasteiger partial charge in [0.1, 0.15) is 5.69 Å². The van der Waals surface area contributed by atoms with Gasteiger partial charge in [-0.05, 0) is 19.4 Å². The van der Waals surface area contributed by atoms with E-state index in [0.717, 1.165) is 14.9 Å². The quantitative estimate of drug-likeness (QED) is 0.484. The molecule has 0 unspecified atom stereocenters. The summed E-state index contributed by atoms with van der Waals surface area (Å²) in [7, 11) is 0. The van der Waals surface area contributed by atoms with Crippen molar-refractivity contribution in [3.05, 3.63) is 28.2 Å². The molecular weight excluding hydrogens is 364 g/mol. The number of aromatic nitrogens is 2. The Morgan fingerprint density at radius 2 is 2.08 bits per heavy atom. The first-order valence-corrected chi connectivity index (χ1v) is 9.67. The predicted octanol–water partition coefficient (Wildman–Crippen LogP) is 2.47. The van der Waals surface area contributed by atoms with Gasteiger partial charge in [-0.25, -0.2) is 9.97 Å². The number of carbonyl (C=O) groups excluding carboxylic acids is 2. The van der Waals surface area contributed by atoms with E-state index in [1.165, 1.54) is 22.7 Å². The van der Waals surface area contributed by atoms with Crippen molar-refractivity contribution in [1.29, 1.82) is 0 Å². The second kappa shape index (κ2) is 9.55. The molecule has 6 nitrogen and oxygen atoms in total. The molecule has 0 aliphatic rings. The molecule has 0 spiro atoms. The topological polar surface area (TPSA) is 84.0 Å². The van der Waals surface area contributed by atoms with E-state index in [-0.39, 0.29) is 17.6 Å². The van der Waals surface area contributed by atoms with Crippen LogP contribution >= 0.6 is 35.3 Å². The summed E-state index contributed by atoms with van der Waals surface area (Å²) in [5.41, 5.74) is 0.405. The molecule has 0 aliphatic heterocycles. The molecule has 2 rings (SSSR count). The van der Waals surface area contributed by atoms with E-state index in [1.54, 1.807) is 6.20 Å². The van der Waals surface area contributed by atoms with Gasteiger partial charge in [-0.3, -0.25) is 9.59 Å². The van der Waals surface area contributed by atoms with E-state index >= 15 is 0 Å². The molecule has 0 fully saturated rings. The van der Waals surface area contributed by atoms with Crippen LogP contribution in [0, 0.1) is 0 Å². The lowest BCUT2D eigenvalue weighted by Gasteiger charge is -2.05. The lowest BCUT2D eigenvalue weighted by Crippen LogP contribution is -2.30. The second-order valence-corrected chi connectivity index (χ2v) is 6.93. The molecule has 0 saturated carbocycles. The molecule has 0 aliphatic carbocycles. The molecule has 0 atom stereocenters. The minimum absolute atomic E-state index is 0.118. The van der Waals surface area contributed by atoms with Crippen LogP contribution in [0.4, 0.5) is 0 Å². The van der Waals surface area contributed by atoms with Gasteiger partial charge < -0.3 is 10.6 Å². The molecule has 2 heterocycles. The van der Waals surface area contributed by atoms with Gasteiger partial charge in [0.25, 0.3) is 5.91 Å². The Hall–Kier alpha value is -1.71. The fraction of sp³-hybridized carbons (Fsp3) is 0.333. The van der Waals surface area contributed by atoms with Crippen LogP contribution in [-0.4, -0.2) is 40.6 Å². The highest BCUT2D eigenvalue weighted by Gasteiger charge is 2.18. The van der Waals surface area contributed by atoms with Gasteiger partial charge in [0.2, 0.25) is 5.91 Å². The van der Waals surface area contributed by atoms with E-state index in [1.807, 2.05) is 24.5 Å². The summed E-state index contributed by atoms with van der Waals surface area (Å²) in [6, 6.07) is 0. The summed E-state index contributed by atoms with van der Waals surface area (Å²) in [6.45, 7) is 2.86. The van der Waals surface area contributed by atoms with Crippen LogP contribution < -0.4 is 10.6 Å². The van der Waals surface area contributed by atoms with Crippen LogP contribution in [0.1, 0.15) is 28.7 Å². The summed E-state index contributed by atoms with van der Waals surface area (Å²) < 4.78 is 0. The summed E-state index contributed by atoms with van der Waals surface area (Å²) in [6.07, 6.45) is 6.11. The molecule has 0 radical (unpaired) electrons. The van der Waals surface area contributed by atoms with Gasteiger partial charge in [0.05, 0.1) is 10.6 Å². The minimum atomic E-state index is -0.220. The highest BCUT2D eigenvalue weighted by atomic mass is 32.1. The monoisotopic (exact) mass is 382 g/mol. The lowest BCUT2D eigenvalue weighted by molar-refractivity contribution is -0.118. The molecule has 128 valence electrons. The number of allylic oxidation sites excluding steroid dienone is 1. The molecule has 24 heavy (non-hydrogen) atoms. The van der Waals surface area contributed by atoms with Crippen LogP contribution in [0.25, 0.3) is 16.1 Å². The number of rotatable bonds is 8. The van der Waals surface area contributed by atoms with E-state index in [4.69, 9.17) is 0 Å². The normalized spacial score (nSPS) is 10.9. The van der Waals surface area contributed by atoms with Gasteiger partial charge in [-0.1, -0.05) is 6.08 Å². The maximum Gasteiger partial charge on any atom is 0.271 e. The largest absolute Gasteiger partial charge is 0.355 e. The maximum atomic E-state index is 12.4. The van der Waals surface area contributed by atoms with Crippen molar-refractivity contribution >= 4 is 53.2 Å². The van der Waals surface area contributed by atoms with E-state index in [2.05, 4.69) is 33.2 Å². The fourth-order valence-electron chi connectivity index (χ4n) is 1.84. The Labute approximate surface area is 153 Å². The maximum absolute atomic E-state index is 12.4. The van der Waals surface area contributed by atoms with Crippen molar-refractivity contribution in [2.24, 2.45) is 0 Å². The van der Waals surface area contributed by atoms with Crippen molar-refractivity contribution < 1.29 is 9.59 Å². The Morgan fingerprint density at radius 3 is 2.75 bits per heavy atom. The number of thiol groups is 1. The molecule has 2 aromatic heterocycles. The van der Waals surface area contributed by atoms with Crippen molar-refractivity contribution in [2.45, 2.75) is 13.3 Å². The predicted molar refractivity (Wildman–Crippen MR) is 102 cm³/mol. The zero-order chi connectivity index (χ0) is 17.4. The smallest absolute Gasteiger partial charge is 0.271 e. The third-order valence-electron chi connectivity index (χ3n) is 2.91. The molecule has 0 saturated heterocycles. The number of amides is 2. The standard InChI is InChI=1S/C15H18N4O2S3/c1-2-4-10-12(19-15(24-10)14-18-7-8-23-14)13(21)17-6-3-5-16-11(20)9-22/h2,4,7-8,22H,3,5-6,9H2,1H3,(H,16,20)(H,17,21). The molecule has 2 aromatic rings. The first kappa shape index (κ1) is 18.6. The Kier molecular flexibility index (Phi) is 7.41. The van der Waals surface area contributed by atoms with Crippen LogP contribution in [0.15, 0.2) is 17.7 Å². The fourth-order valence-corrected chi connectivity index (χ4v) is 3.66. The Balaban J connectivity index is 1.96. The molecule has 0 bridgehead atoms. The number of hydrogen-bond donors (Lipinski definition) is 3. The van der Waals surface area contributed by atoms with Gasteiger partial charge in [0.15, 0.2) is 10.0 Å². The Morgan fingerprint density at radius 1 is 1.29 bits per heavy atom. The molecule has 9 heteroatoms. The average molecular weight is 383 g/mol. The third-order valence-corrected chi connectivity index (χ3v) is 5.13. The zero-order valence-electron chi connectivity index (χ0n) is 13.1. The lowest BCUT2D eigenvalue weighted by atomic mass is 10.3. The number of thiazole rings is 2. The van der Waals surface area contributed by atoms with Gasteiger partial charge in [-0.2, -0.15) is 12.6 Å². The average Bonchev–Trinajstić information content (AvgIpc) is 3.23. The van der Waals surface area contributed by atoms with Crippen molar-refractivity contribution in [1.82, 2.24) is 20.6 Å². The molecular formula is C15H18N4O2S3.